The van der Waals surface area contributed by atoms with Crippen LogP contribution in [0, 0.1) is 6.92 Å². The monoisotopic (exact) mass is 295 g/mol. The summed E-state index contributed by atoms with van der Waals surface area (Å²) in [4.78, 5) is 12.1. The van der Waals surface area contributed by atoms with Gasteiger partial charge in [-0.1, -0.05) is 23.2 Å². The summed E-state index contributed by atoms with van der Waals surface area (Å²) in [6, 6.07) is 9.39. The molecule has 0 aliphatic rings. The number of amides is 1. The van der Waals surface area contributed by atoms with Gasteiger partial charge in [-0.25, -0.2) is 0 Å². The molecule has 2 rings (SSSR count). The zero-order chi connectivity index (χ0) is 14.0. The van der Waals surface area contributed by atoms with Crippen molar-refractivity contribution in [3.63, 3.8) is 0 Å². The number of aryl methyl sites for hydroxylation is 1. The Morgan fingerprint density at radius 1 is 1.16 bits per heavy atom. The lowest BCUT2D eigenvalue weighted by Crippen LogP contribution is -2.13. The maximum absolute atomic E-state index is 12.1. The van der Waals surface area contributed by atoms with Crippen LogP contribution in [0.2, 0.25) is 10.0 Å². The lowest BCUT2D eigenvalue weighted by molar-refractivity contribution is 0.102. The highest BCUT2D eigenvalue weighted by Crippen LogP contribution is 2.26. The van der Waals surface area contributed by atoms with Crippen LogP contribution in [0.1, 0.15) is 15.9 Å². The van der Waals surface area contributed by atoms with Crippen molar-refractivity contribution in [2.75, 3.05) is 5.32 Å². The maximum Gasteiger partial charge on any atom is 0.255 e. The molecule has 3 nitrogen and oxygen atoms in total. The highest BCUT2D eigenvalue weighted by atomic mass is 35.5. The maximum atomic E-state index is 12.1. The molecule has 98 valence electrons. The molecule has 19 heavy (non-hydrogen) atoms. The Morgan fingerprint density at radius 2 is 1.89 bits per heavy atom. The topological polar surface area (TPSA) is 49.3 Å². The number of carbonyl (C=O) groups excluding carboxylic acids is 1. The van der Waals surface area contributed by atoms with E-state index < -0.39 is 0 Å². The van der Waals surface area contributed by atoms with E-state index in [-0.39, 0.29) is 16.7 Å². The number of anilines is 1. The normalized spacial score (nSPS) is 10.3. The van der Waals surface area contributed by atoms with Crippen LogP contribution in [0.5, 0.6) is 5.75 Å². The molecule has 0 unspecified atom stereocenters. The molecule has 1 amide bonds. The number of hydrogen-bond donors (Lipinski definition) is 2. The van der Waals surface area contributed by atoms with E-state index in [9.17, 15) is 9.90 Å². The summed E-state index contributed by atoms with van der Waals surface area (Å²) >= 11 is 11.8. The minimum absolute atomic E-state index is 0.0469. The number of rotatable bonds is 2. The minimum atomic E-state index is -0.276. The highest BCUT2D eigenvalue weighted by molar-refractivity contribution is 6.34. The molecule has 0 aromatic heterocycles. The van der Waals surface area contributed by atoms with Gasteiger partial charge in [0.05, 0.1) is 10.7 Å². The first-order valence-corrected chi connectivity index (χ1v) is 6.29. The molecule has 0 bridgehead atoms. The van der Waals surface area contributed by atoms with E-state index >= 15 is 0 Å². The second-order valence-electron chi connectivity index (χ2n) is 4.08. The van der Waals surface area contributed by atoms with Crippen molar-refractivity contribution in [1.82, 2.24) is 0 Å². The average molecular weight is 296 g/mol. The van der Waals surface area contributed by atoms with Gasteiger partial charge >= 0.3 is 0 Å². The van der Waals surface area contributed by atoms with Gasteiger partial charge in [0, 0.05) is 16.7 Å². The first-order chi connectivity index (χ1) is 8.97. The van der Waals surface area contributed by atoms with Crippen LogP contribution in [0.3, 0.4) is 0 Å². The lowest BCUT2D eigenvalue weighted by Gasteiger charge is -2.09. The molecule has 0 fully saturated rings. The third-order valence-electron chi connectivity index (χ3n) is 2.63. The standard InChI is InChI=1S/C14H11Cl2NO2/c1-8-6-9(15)2-4-11(8)14(19)17-13-5-3-10(18)7-12(13)16/h2-7,18H,1H3,(H,17,19). The Kier molecular flexibility index (Phi) is 3.98. The third kappa shape index (κ3) is 3.19. The molecule has 0 aliphatic carbocycles. The Morgan fingerprint density at radius 3 is 2.53 bits per heavy atom. The van der Waals surface area contributed by atoms with Crippen molar-refractivity contribution in [2.24, 2.45) is 0 Å². The molecule has 0 saturated heterocycles. The van der Waals surface area contributed by atoms with Crippen molar-refractivity contribution in [3.8, 4) is 5.75 Å². The van der Waals surface area contributed by atoms with Gasteiger partial charge in [-0.3, -0.25) is 4.79 Å². The molecular weight excluding hydrogens is 285 g/mol. The largest absolute Gasteiger partial charge is 0.508 e. The summed E-state index contributed by atoms with van der Waals surface area (Å²) in [7, 11) is 0. The zero-order valence-electron chi connectivity index (χ0n) is 10.1. The SMILES string of the molecule is Cc1cc(Cl)ccc1C(=O)Nc1ccc(O)cc1Cl. The van der Waals surface area contributed by atoms with Gasteiger partial charge in [0.25, 0.3) is 5.91 Å². The average Bonchev–Trinajstić information content (AvgIpc) is 2.32. The molecule has 0 saturated carbocycles. The van der Waals surface area contributed by atoms with Gasteiger partial charge in [0.1, 0.15) is 5.75 Å². The Hall–Kier alpha value is -1.71. The second-order valence-corrected chi connectivity index (χ2v) is 4.92. The van der Waals surface area contributed by atoms with E-state index in [1.165, 1.54) is 12.1 Å². The summed E-state index contributed by atoms with van der Waals surface area (Å²) in [5.41, 5.74) is 1.74. The molecule has 2 N–H and O–H groups in total. The molecule has 0 heterocycles. The summed E-state index contributed by atoms with van der Waals surface area (Å²) < 4.78 is 0. The van der Waals surface area contributed by atoms with E-state index in [1.807, 2.05) is 0 Å². The van der Waals surface area contributed by atoms with Crippen molar-refractivity contribution in [2.45, 2.75) is 6.92 Å². The Bertz CT molecular complexity index is 641. The molecule has 2 aromatic rings. The van der Waals surface area contributed by atoms with E-state index in [1.54, 1.807) is 31.2 Å². The van der Waals surface area contributed by atoms with Crippen molar-refractivity contribution in [1.29, 1.82) is 0 Å². The quantitative estimate of drug-likeness (QED) is 0.813. The predicted molar refractivity (Wildman–Crippen MR) is 77.3 cm³/mol. The van der Waals surface area contributed by atoms with Crippen LogP contribution in [0.15, 0.2) is 36.4 Å². The van der Waals surface area contributed by atoms with E-state index in [2.05, 4.69) is 5.32 Å². The fourth-order valence-electron chi connectivity index (χ4n) is 1.68. The minimum Gasteiger partial charge on any atom is -0.508 e. The number of carbonyl (C=O) groups is 1. The number of phenols is 1. The number of nitrogens with one attached hydrogen (secondary N) is 1. The number of aromatic hydroxyl groups is 1. The van der Waals surface area contributed by atoms with Gasteiger partial charge in [-0.15, -0.1) is 0 Å². The number of benzene rings is 2. The van der Waals surface area contributed by atoms with E-state index in [4.69, 9.17) is 23.2 Å². The summed E-state index contributed by atoms with van der Waals surface area (Å²) in [6.07, 6.45) is 0. The van der Waals surface area contributed by atoms with Gasteiger partial charge < -0.3 is 10.4 Å². The van der Waals surface area contributed by atoms with Crippen LogP contribution < -0.4 is 5.32 Å². The predicted octanol–water partition coefficient (Wildman–Crippen LogP) is 4.26. The first kappa shape index (κ1) is 13.7. The molecular formula is C14H11Cl2NO2. The molecule has 5 heteroatoms. The summed E-state index contributed by atoms with van der Waals surface area (Å²) in [5.74, 6) is -0.229. The van der Waals surface area contributed by atoms with Crippen LogP contribution in [0.4, 0.5) is 5.69 Å². The van der Waals surface area contributed by atoms with E-state index in [0.29, 0.717) is 16.3 Å². The first-order valence-electron chi connectivity index (χ1n) is 5.53. The Labute approximate surface area is 120 Å². The fourth-order valence-corrected chi connectivity index (χ4v) is 2.13. The summed E-state index contributed by atoms with van der Waals surface area (Å²) in [5, 5.41) is 12.8. The molecule has 2 aromatic carbocycles. The highest BCUT2D eigenvalue weighted by Gasteiger charge is 2.11. The van der Waals surface area contributed by atoms with Crippen LogP contribution >= 0.6 is 23.2 Å². The number of hydrogen-bond acceptors (Lipinski definition) is 2. The van der Waals surface area contributed by atoms with Gasteiger partial charge in [0.2, 0.25) is 0 Å². The molecule has 0 aliphatic heterocycles. The summed E-state index contributed by atoms with van der Waals surface area (Å²) in [6.45, 7) is 1.80. The van der Waals surface area contributed by atoms with Crippen LogP contribution in [0.25, 0.3) is 0 Å². The van der Waals surface area contributed by atoms with Crippen molar-refractivity contribution >= 4 is 34.8 Å². The van der Waals surface area contributed by atoms with Crippen LogP contribution in [-0.2, 0) is 0 Å². The zero-order valence-corrected chi connectivity index (χ0v) is 11.6. The van der Waals surface area contributed by atoms with Crippen molar-refractivity contribution < 1.29 is 9.90 Å². The lowest BCUT2D eigenvalue weighted by atomic mass is 10.1. The second kappa shape index (κ2) is 5.51. The van der Waals surface area contributed by atoms with Crippen molar-refractivity contribution in [3.05, 3.63) is 57.6 Å². The van der Waals surface area contributed by atoms with E-state index in [0.717, 1.165) is 5.56 Å². The number of phenolic OH excluding ortho intramolecular Hbond substituents is 1. The molecule has 0 atom stereocenters. The smallest absolute Gasteiger partial charge is 0.255 e. The van der Waals surface area contributed by atoms with Gasteiger partial charge in [-0.05, 0) is 42.8 Å². The third-order valence-corrected chi connectivity index (χ3v) is 3.18. The Balaban J connectivity index is 2.25. The number of halogens is 2. The molecule has 0 radical (unpaired) electrons. The van der Waals surface area contributed by atoms with Gasteiger partial charge in [-0.2, -0.15) is 0 Å². The van der Waals surface area contributed by atoms with Crippen LogP contribution in [-0.4, -0.2) is 11.0 Å². The molecule has 0 spiro atoms. The van der Waals surface area contributed by atoms with Gasteiger partial charge in [0.15, 0.2) is 0 Å². The fraction of sp³-hybridized carbons (Fsp3) is 0.0714.